The van der Waals surface area contributed by atoms with E-state index in [4.69, 9.17) is 4.74 Å². The van der Waals surface area contributed by atoms with E-state index >= 15 is 0 Å². The summed E-state index contributed by atoms with van der Waals surface area (Å²) in [6, 6.07) is 7.86. The van der Waals surface area contributed by atoms with Crippen molar-refractivity contribution >= 4 is 5.91 Å². The minimum atomic E-state index is -0.212. The van der Waals surface area contributed by atoms with E-state index in [1.165, 1.54) is 6.42 Å². The lowest BCUT2D eigenvalue weighted by atomic mass is 10.1. The maximum atomic E-state index is 12.0. The molecule has 2 atom stereocenters. The van der Waals surface area contributed by atoms with Crippen molar-refractivity contribution in [2.45, 2.75) is 45.2 Å². The fourth-order valence-electron chi connectivity index (χ4n) is 2.42. The van der Waals surface area contributed by atoms with Gasteiger partial charge in [-0.3, -0.25) is 10.1 Å². The van der Waals surface area contributed by atoms with Crippen molar-refractivity contribution in [2.75, 3.05) is 13.2 Å². The fraction of sp³-hybridized carbons (Fsp3) is 0.562. The first-order valence-corrected chi connectivity index (χ1v) is 7.48. The van der Waals surface area contributed by atoms with E-state index in [0.29, 0.717) is 6.61 Å². The fourth-order valence-corrected chi connectivity index (χ4v) is 2.42. The van der Waals surface area contributed by atoms with Crippen LogP contribution < -0.4 is 15.4 Å². The second kappa shape index (κ2) is 7.29. The molecular weight excluding hydrogens is 252 g/mol. The highest BCUT2D eigenvalue weighted by Gasteiger charge is 2.26. The standard InChI is InChI=1S/C16H24N2O2/c1-3-4-7-10-17-16(19)12(2)18-14-11-20-15-9-6-5-8-13(14)15/h5-6,8-9,12,14,18H,3-4,7,10-11H2,1-2H3,(H,17,19). The molecule has 2 unspecified atom stereocenters. The monoisotopic (exact) mass is 276 g/mol. The van der Waals surface area contributed by atoms with Crippen LogP contribution in [0, 0.1) is 0 Å². The first kappa shape index (κ1) is 14.9. The van der Waals surface area contributed by atoms with Crippen LogP contribution in [0.15, 0.2) is 24.3 Å². The van der Waals surface area contributed by atoms with Crippen LogP contribution in [0.2, 0.25) is 0 Å². The van der Waals surface area contributed by atoms with Crippen LogP contribution in [-0.2, 0) is 4.79 Å². The topological polar surface area (TPSA) is 50.4 Å². The summed E-state index contributed by atoms with van der Waals surface area (Å²) < 4.78 is 5.61. The van der Waals surface area contributed by atoms with Crippen LogP contribution in [0.3, 0.4) is 0 Å². The number of hydrogen-bond donors (Lipinski definition) is 2. The predicted octanol–water partition coefficient (Wildman–Crippen LogP) is 2.40. The summed E-state index contributed by atoms with van der Waals surface area (Å²) in [6.07, 6.45) is 3.37. The summed E-state index contributed by atoms with van der Waals surface area (Å²) >= 11 is 0. The third-order valence-electron chi connectivity index (χ3n) is 3.62. The van der Waals surface area contributed by atoms with Gasteiger partial charge in [0.05, 0.1) is 12.1 Å². The molecule has 1 aliphatic rings. The first-order chi connectivity index (χ1) is 9.72. The molecule has 0 saturated heterocycles. The van der Waals surface area contributed by atoms with E-state index in [-0.39, 0.29) is 18.0 Å². The SMILES string of the molecule is CCCCCNC(=O)C(C)NC1COc2ccccc21. The molecular formula is C16H24N2O2. The third kappa shape index (κ3) is 3.73. The highest BCUT2D eigenvalue weighted by atomic mass is 16.5. The Hall–Kier alpha value is -1.55. The van der Waals surface area contributed by atoms with E-state index in [0.717, 1.165) is 30.7 Å². The number of carbonyl (C=O) groups is 1. The molecule has 2 rings (SSSR count). The number of amides is 1. The maximum Gasteiger partial charge on any atom is 0.236 e. The van der Waals surface area contributed by atoms with Gasteiger partial charge in [0.25, 0.3) is 0 Å². The first-order valence-electron chi connectivity index (χ1n) is 7.48. The van der Waals surface area contributed by atoms with Crippen molar-refractivity contribution in [1.82, 2.24) is 10.6 Å². The Morgan fingerprint density at radius 1 is 1.40 bits per heavy atom. The highest BCUT2D eigenvalue weighted by Crippen LogP contribution is 2.31. The molecule has 1 aliphatic heterocycles. The zero-order valence-corrected chi connectivity index (χ0v) is 12.3. The van der Waals surface area contributed by atoms with Crippen molar-refractivity contribution in [2.24, 2.45) is 0 Å². The van der Waals surface area contributed by atoms with E-state index in [1.807, 2.05) is 31.2 Å². The van der Waals surface area contributed by atoms with Gasteiger partial charge >= 0.3 is 0 Å². The number of ether oxygens (including phenoxy) is 1. The maximum absolute atomic E-state index is 12.0. The number of benzene rings is 1. The van der Waals surface area contributed by atoms with Crippen LogP contribution in [0.5, 0.6) is 5.75 Å². The molecule has 0 spiro atoms. The number of fused-ring (bicyclic) bond motifs is 1. The van der Waals surface area contributed by atoms with Gasteiger partial charge in [-0.15, -0.1) is 0 Å². The molecule has 1 aromatic carbocycles. The number of hydrogen-bond acceptors (Lipinski definition) is 3. The summed E-state index contributed by atoms with van der Waals surface area (Å²) in [5, 5.41) is 6.31. The zero-order chi connectivity index (χ0) is 14.4. The van der Waals surface area contributed by atoms with Crippen LogP contribution in [0.1, 0.15) is 44.7 Å². The second-order valence-corrected chi connectivity index (χ2v) is 5.29. The Labute approximate surface area is 120 Å². The Morgan fingerprint density at radius 2 is 2.20 bits per heavy atom. The minimum absolute atomic E-state index is 0.0606. The summed E-state index contributed by atoms with van der Waals surface area (Å²) in [5.41, 5.74) is 1.14. The summed E-state index contributed by atoms with van der Waals surface area (Å²) in [5.74, 6) is 0.978. The Bertz CT molecular complexity index is 448. The van der Waals surface area contributed by atoms with Gasteiger partial charge in [0.2, 0.25) is 5.91 Å². The predicted molar refractivity (Wildman–Crippen MR) is 79.8 cm³/mol. The lowest BCUT2D eigenvalue weighted by Crippen LogP contribution is -2.44. The van der Waals surface area contributed by atoms with Gasteiger partial charge in [0.1, 0.15) is 12.4 Å². The molecule has 1 heterocycles. The van der Waals surface area contributed by atoms with Gasteiger partial charge in [-0.1, -0.05) is 38.0 Å². The van der Waals surface area contributed by atoms with Crippen LogP contribution in [0.25, 0.3) is 0 Å². The number of rotatable bonds is 7. The Balaban J connectivity index is 1.80. The normalized spacial score (nSPS) is 18.2. The molecule has 1 aromatic rings. The molecule has 2 N–H and O–H groups in total. The third-order valence-corrected chi connectivity index (χ3v) is 3.62. The Morgan fingerprint density at radius 3 is 3.00 bits per heavy atom. The van der Waals surface area contributed by atoms with Crippen molar-refractivity contribution in [1.29, 1.82) is 0 Å². The number of carbonyl (C=O) groups excluding carboxylic acids is 1. The van der Waals surface area contributed by atoms with E-state index in [1.54, 1.807) is 0 Å². The van der Waals surface area contributed by atoms with Gasteiger partial charge in [-0.25, -0.2) is 0 Å². The number of para-hydroxylation sites is 1. The van der Waals surface area contributed by atoms with Gasteiger partial charge in [-0.05, 0) is 19.4 Å². The molecule has 4 nitrogen and oxygen atoms in total. The van der Waals surface area contributed by atoms with Crippen LogP contribution in [0.4, 0.5) is 0 Å². The molecule has 1 amide bonds. The molecule has 0 radical (unpaired) electrons. The molecule has 0 bridgehead atoms. The highest BCUT2D eigenvalue weighted by molar-refractivity contribution is 5.81. The van der Waals surface area contributed by atoms with Gasteiger partial charge in [0.15, 0.2) is 0 Å². The quantitative estimate of drug-likeness (QED) is 0.752. The lowest BCUT2D eigenvalue weighted by molar-refractivity contribution is -0.122. The summed E-state index contributed by atoms with van der Waals surface area (Å²) in [6.45, 7) is 5.41. The molecule has 0 aromatic heterocycles. The second-order valence-electron chi connectivity index (χ2n) is 5.29. The average molecular weight is 276 g/mol. The van der Waals surface area contributed by atoms with E-state index < -0.39 is 0 Å². The van der Waals surface area contributed by atoms with E-state index in [9.17, 15) is 4.79 Å². The van der Waals surface area contributed by atoms with Crippen LogP contribution in [-0.4, -0.2) is 25.1 Å². The average Bonchev–Trinajstić information content (AvgIpc) is 2.87. The van der Waals surface area contributed by atoms with Crippen LogP contribution >= 0.6 is 0 Å². The molecule has 0 aliphatic carbocycles. The van der Waals surface area contributed by atoms with Crippen molar-refractivity contribution in [3.8, 4) is 5.75 Å². The lowest BCUT2D eigenvalue weighted by Gasteiger charge is -2.18. The van der Waals surface area contributed by atoms with Crippen molar-refractivity contribution in [3.63, 3.8) is 0 Å². The zero-order valence-electron chi connectivity index (χ0n) is 12.3. The molecule has 4 heteroatoms. The number of nitrogens with one attached hydrogen (secondary N) is 2. The van der Waals surface area contributed by atoms with Gasteiger partial charge in [0, 0.05) is 12.1 Å². The van der Waals surface area contributed by atoms with E-state index in [2.05, 4.69) is 17.6 Å². The van der Waals surface area contributed by atoms with Gasteiger partial charge < -0.3 is 10.1 Å². The molecule has 20 heavy (non-hydrogen) atoms. The minimum Gasteiger partial charge on any atom is -0.491 e. The van der Waals surface area contributed by atoms with Gasteiger partial charge in [-0.2, -0.15) is 0 Å². The smallest absolute Gasteiger partial charge is 0.236 e. The van der Waals surface area contributed by atoms with Crippen molar-refractivity contribution in [3.05, 3.63) is 29.8 Å². The Kier molecular flexibility index (Phi) is 5.41. The molecule has 0 saturated carbocycles. The summed E-state index contributed by atoms with van der Waals surface area (Å²) in [4.78, 5) is 12.0. The summed E-state index contributed by atoms with van der Waals surface area (Å²) in [7, 11) is 0. The number of unbranched alkanes of at least 4 members (excludes halogenated alkanes) is 2. The molecule has 0 fully saturated rings. The molecule has 110 valence electrons. The van der Waals surface area contributed by atoms with Crippen molar-refractivity contribution < 1.29 is 9.53 Å². The largest absolute Gasteiger partial charge is 0.491 e.